The van der Waals surface area contributed by atoms with Gasteiger partial charge in [0.25, 0.3) is 5.91 Å². The zero-order valence-electron chi connectivity index (χ0n) is 17.4. The Morgan fingerprint density at radius 3 is 2.84 bits per heavy atom. The molecule has 2 aromatic rings. The largest absolute Gasteiger partial charge is 0.497 e. The molecule has 1 aromatic heterocycles. The third-order valence-electron chi connectivity index (χ3n) is 4.77. The van der Waals surface area contributed by atoms with E-state index in [2.05, 4.69) is 10.6 Å². The summed E-state index contributed by atoms with van der Waals surface area (Å²) < 4.78 is 15.9. The molecule has 0 radical (unpaired) electrons. The first-order valence-corrected chi connectivity index (χ1v) is 11.3. The van der Waals surface area contributed by atoms with E-state index in [0.717, 1.165) is 10.1 Å². The Hall–Kier alpha value is -2.47. The molecule has 2 N–H and O–H groups in total. The van der Waals surface area contributed by atoms with Crippen molar-refractivity contribution in [2.75, 3.05) is 40.5 Å². The summed E-state index contributed by atoms with van der Waals surface area (Å²) in [6.45, 7) is 0.994. The lowest BCUT2D eigenvalue weighted by Gasteiger charge is -2.36. The van der Waals surface area contributed by atoms with Crippen molar-refractivity contribution >= 4 is 68.1 Å². The highest BCUT2D eigenvalue weighted by Gasteiger charge is 2.34. The zero-order chi connectivity index (χ0) is 23.3. The van der Waals surface area contributed by atoms with Crippen LogP contribution in [0.5, 0.6) is 5.75 Å². The van der Waals surface area contributed by atoms with Crippen molar-refractivity contribution in [1.29, 1.82) is 0 Å². The minimum absolute atomic E-state index is 0.0330. The number of thiophene rings is 1. The molecule has 1 unspecified atom stereocenters. The molecule has 0 bridgehead atoms. The van der Waals surface area contributed by atoms with E-state index in [0.29, 0.717) is 23.9 Å². The summed E-state index contributed by atoms with van der Waals surface area (Å²) in [5.74, 6) is -0.779. The number of rotatable bonds is 7. The molecular formula is C20H22ClN3O6S2. The van der Waals surface area contributed by atoms with E-state index in [1.165, 1.54) is 23.3 Å². The van der Waals surface area contributed by atoms with Crippen molar-refractivity contribution < 1.29 is 28.6 Å². The Bertz CT molecular complexity index is 1040. The van der Waals surface area contributed by atoms with Crippen LogP contribution in [0.3, 0.4) is 0 Å². The number of carbonyl (C=O) groups excluding carboxylic acids is 3. The summed E-state index contributed by atoms with van der Waals surface area (Å²) in [5.41, 5.74) is 0. The van der Waals surface area contributed by atoms with E-state index in [-0.39, 0.29) is 35.5 Å². The van der Waals surface area contributed by atoms with Crippen molar-refractivity contribution in [3.8, 4) is 5.75 Å². The lowest BCUT2D eigenvalue weighted by molar-refractivity contribution is -0.148. The van der Waals surface area contributed by atoms with Crippen molar-refractivity contribution in [2.45, 2.75) is 12.5 Å². The average molecular weight is 500 g/mol. The minimum Gasteiger partial charge on any atom is -0.497 e. The predicted octanol–water partition coefficient (Wildman–Crippen LogP) is 1.96. The molecule has 32 heavy (non-hydrogen) atoms. The Morgan fingerprint density at radius 1 is 1.34 bits per heavy atom. The van der Waals surface area contributed by atoms with E-state index in [9.17, 15) is 14.4 Å². The number of fused-ring (bicyclic) bond motifs is 1. The lowest BCUT2D eigenvalue weighted by atomic mass is 10.1. The first-order chi connectivity index (χ1) is 15.3. The van der Waals surface area contributed by atoms with Gasteiger partial charge in [0.05, 0.1) is 25.2 Å². The average Bonchev–Trinajstić information content (AvgIpc) is 3.11. The number of amides is 2. The highest BCUT2D eigenvalue weighted by Crippen LogP contribution is 2.37. The van der Waals surface area contributed by atoms with Crippen LogP contribution < -0.4 is 15.4 Å². The Labute approximate surface area is 198 Å². The molecule has 3 rings (SSSR count). The number of benzene rings is 1. The second-order valence-corrected chi connectivity index (χ2v) is 8.60. The fourth-order valence-corrected chi connectivity index (χ4v) is 4.91. The van der Waals surface area contributed by atoms with Gasteiger partial charge in [-0.2, -0.15) is 0 Å². The number of ether oxygens (including phenoxy) is 3. The summed E-state index contributed by atoms with van der Waals surface area (Å²) in [5, 5.41) is 6.39. The number of halogens is 1. The molecule has 1 fully saturated rings. The van der Waals surface area contributed by atoms with Crippen LogP contribution in [0.2, 0.25) is 5.02 Å². The number of thiocarbonyl (C=S) groups is 1. The first kappa shape index (κ1) is 24.2. The molecule has 12 heteroatoms. The van der Waals surface area contributed by atoms with Crippen molar-refractivity contribution in [3.63, 3.8) is 0 Å². The van der Waals surface area contributed by atoms with Crippen LogP contribution in [0.4, 0.5) is 0 Å². The summed E-state index contributed by atoms with van der Waals surface area (Å²) in [7, 11) is 3.05. The van der Waals surface area contributed by atoms with Crippen molar-refractivity contribution in [3.05, 3.63) is 28.1 Å². The maximum Gasteiger partial charge on any atom is 0.308 e. The maximum atomic E-state index is 12.9. The summed E-state index contributed by atoms with van der Waals surface area (Å²) in [6, 6.07) is 4.44. The van der Waals surface area contributed by atoms with Gasteiger partial charge in [0, 0.05) is 30.3 Å². The zero-order valence-corrected chi connectivity index (χ0v) is 19.8. The van der Waals surface area contributed by atoms with Crippen LogP contribution in [0.15, 0.2) is 18.2 Å². The number of nitrogens with one attached hydrogen (secondary N) is 2. The van der Waals surface area contributed by atoms with Gasteiger partial charge in [0.15, 0.2) is 5.11 Å². The fraction of sp³-hybridized carbons (Fsp3) is 0.400. The number of nitrogens with zero attached hydrogens (tertiary/aromatic N) is 1. The Morgan fingerprint density at radius 2 is 2.12 bits per heavy atom. The molecule has 1 aliphatic heterocycles. The SMILES string of the molecule is COCCOC(=O)CC1C(=O)NCCN1C(=S)NC(=O)c1sc2cc(OC)ccc2c1Cl. The van der Waals surface area contributed by atoms with E-state index >= 15 is 0 Å². The normalized spacial score (nSPS) is 15.9. The number of piperazine rings is 1. The highest BCUT2D eigenvalue weighted by molar-refractivity contribution is 7.80. The molecule has 0 aliphatic carbocycles. The molecule has 172 valence electrons. The smallest absolute Gasteiger partial charge is 0.308 e. The molecule has 1 aromatic carbocycles. The second-order valence-electron chi connectivity index (χ2n) is 6.78. The van der Waals surface area contributed by atoms with Gasteiger partial charge in [0.2, 0.25) is 5.91 Å². The lowest BCUT2D eigenvalue weighted by Crippen LogP contribution is -2.60. The number of hydrogen-bond donors (Lipinski definition) is 2. The van der Waals surface area contributed by atoms with Gasteiger partial charge in [-0.1, -0.05) is 11.6 Å². The van der Waals surface area contributed by atoms with Crippen LogP contribution in [0.25, 0.3) is 10.1 Å². The predicted molar refractivity (Wildman–Crippen MR) is 124 cm³/mol. The summed E-state index contributed by atoms with van der Waals surface area (Å²) in [6.07, 6.45) is -0.213. The van der Waals surface area contributed by atoms with Crippen molar-refractivity contribution in [2.24, 2.45) is 0 Å². The molecule has 2 amide bonds. The second kappa shape index (κ2) is 10.9. The van der Waals surface area contributed by atoms with Gasteiger partial charge in [-0.05, 0) is 30.4 Å². The molecule has 1 aliphatic rings. The Balaban J connectivity index is 1.72. The molecule has 1 saturated heterocycles. The van der Waals surface area contributed by atoms with Crippen LogP contribution in [-0.2, 0) is 19.1 Å². The first-order valence-electron chi connectivity index (χ1n) is 9.66. The summed E-state index contributed by atoms with van der Waals surface area (Å²) >= 11 is 13.0. The number of methoxy groups -OCH3 is 2. The van der Waals surface area contributed by atoms with Crippen LogP contribution in [-0.4, -0.2) is 74.4 Å². The quantitative estimate of drug-likeness (QED) is 0.338. The monoisotopic (exact) mass is 499 g/mol. The molecule has 0 spiro atoms. The summed E-state index contributed by atoms with van der Waals surface area (Å²) in [4.78, 5) is 39.2. The van der Waals surface area contributed by atoms with Crippen LogP contribution >= 0.6 is 35.2 Å². The highest BCUT2D eigenvalue weighted by atomic mass is 35.5. The van der Waals surface area contributed by atoms with Gasteiger partial charge < -0.3 is 24.4 Å². The Kier molecular flexibility index (Phi) is 8.24. The number of hydrogen-bond acceptors (Lipinski definition) is 8. The van der Waals surface area contributed by atoms with Gasteiger partial charge in [-0.15, -0.1) is 11.3 Å². The number of esters is 1. The van der Waals surface area contributed by atoms with E-state index < -0.39 is 17.9 Å². The molecule has 2 heterocycles. The van der Waals surface area contributed by atoms with Gasteiger partial charge in [-0.25, -0.2) is 0 Å². The van der Waals surface area contributed by atoms with Gasteiger partial charge in [-0.3, -0.25) is 19.7 Å². The molecular weight excluding hydrogens is 478 g/mol. The maximum absolute atomic E-state index is 12.9. The van der Waals surface area contributed by atoms with Gasteiger partial charge in [0.1, 0.15) is 23.3 Å². The minimum atomic E-state index is -0.895. The van der Waals surface area contributed by atoms with E-state index in [4.69, 9.17) is 38.0 Å². The van der Waals surface area contributed by atoms with E-state index in [1.807, 2.05) is 0 Å². The molecule has 9 nitrogen and oxygen atoms in total. The van der Waals surface area contributed by atoms with E-state index in [1.54, 1.807) is 25.3 Å². The standard InChI is InChI=1S/C20H22ClN3O6S2/c1-28-7-8-30-15(25)10-13-18(26)22-5-6-24(13)20(31)23-19(27)17-16(21)12-4-3-11(29-2)9-14(12)32-17/h3-4,9,13H,5-8,10H2,1-2H3,(H,22,26)(H,23,27,31). The molecule has 0 saturated carbocycles. The van der Waals surface area contributed by atoms with Gasteiger partial charge >= 0.3 is 5.97 Å². The topological polar surface area (TPSA) is 106 Å². The van der Waals surface area contributed by atoms with Crippen molar-refractivity contribution in [1.82, 2.24) is 15.5 Å². The fourth-order valence-electron chi connectivity index (χ4n) is 3.16. The third kappa shape index (κ3) is 5.47. The van der Waals surface area contributed by atoms with Crippen LogP contribution in [0.1, 0.15) is 16.1 Å². The van der Waals surface area contributed by atoms with Crippen LogP contribution in [0, 0.1) is 0 Å². The third-order valence-corrected chi connectivity index (χ3v) is 6.76. The molecule has 1 atom stereocenters. The number of carbonyl (C=O) groups is 3.